The second-order valence-electron chi connectivity index (χ2n) is 14.9. The molecule has 11 aromatic rings. The molecule has 2 heteroatoms. The van der Waals surface area contributed by atoms with Crippen LogP contribution >= 0.6 is 0 Å². The number of aromatic nitrogens is 1. The van der Waals surface area contributed by atoms with Crippen molar-refractivity contribution in [2.45, 2.75) is 7.43 Å². The van der Waals surface area contributed by atoms with Gasteiger partial charge in [0.15, 0.2) is 0 Å². The molecule has 0 atom stereocenters. The summed E-state index contributed by atoms with van der Waals surface area (Å²) in [5, 5.41) is 7.52. The third-order valence-corrected chi connectivity index (χ3v) is 11.6. The van der Waals surface area contributed by atoms with Crippen LogP contribution in [0.2, 0.25) is 0 Å². The standard InChI is InChI=1S/C56H38N2.CH4/c1-2-16-45(17-3-1)58-55-23-9-8-20-53(55)54-38-44(30-37-56(54)58)39-24-31-46(32-25-39)57(47-33-26-42(27-34-47)51-21-10-14-40-12-4-6-18-49(40)51)48-35-28-43(29-36-48)52-22-11-15-41-13-5-7-19-50(41)52;/h1-38H;1H4. The van der Waals surface area contributed by atoms with Crippen LogP contribution in [0.3, 0.4) is 0 Å². The largest absolute Gasteiger partial charge is 0.311 e. The zero-order chi connectivity index (χ0) is 38.4. The summed E-state index contributed by atoms with van der Waals surface area (Å²) in [6.07, 6.45) is 0. The van der Waals surface area contributed by atoms with Gasteiger partial charge in [0, 0.05) is 33.5 Å². The first kappa shape index (κ1) is 35.7. The van der Waals surface area contributed by atoms with Gasteiger partial charge in [-0.1, -0.05) is 171 Å². The molecule has 0 aliphatic carbocycles. The van der Waals surface area contributed by atoms with E-state index in [0.717, 1.165) is 17.1 Å². The highest BCUT2D eigenvalue weighted by Crippen LogP contribution is 2.40. The quantitative estimate of drug-likeness (QED) is 0.157. The van der Waals surface area contributed by atoms with Crippen molar-refractivity contribution in [1.82, 2.24) is 4.57 Å². The number of fused-ring (bicyclic) bond motifs is 5. The second kappa shape index (κ2) is 15.0. The Balaban J connectivity index is 0.00000420. The van der Waals surface area contributed by atoms with Crippen LogP contribution in [0.25, 0.3) is 82.4 Å². The van der Waals surface area contributed by atoms with Gasteiger partial charge in [-0.3, -0.25) is 0 Å². The number of anilines is 3. The molecule has 1 heterocycles. The lowest BCUT2D eigenvalue weighted by Gasteiger charge is -2.26. The van der Waals surface area contributed by atoms with Gasteiger partial charge >= 0.3 is 0 Å². The highest BCUT2D eigenvalue weighted by atomic mass is 15.1. The molecule has 0 spiro atoms. The van der Waals surface area contributed by atoms with Crippen LogP contribution in [0.4, 0.5) is 17.1 Å². The Kier molecular flexibility index (Phi) is 9.08. The van der Waals surface area contributed by atoms with Crippen molar-refractivity contribution < 1.29 is 0 Å². The molecule has 2 nitrogen and oxygen atoms in total. The fraction of sp³-hybridized carbons (Fsp3) is 0.0175. The molecule has 0 amide bonds. The summed E-state index contributed by atoms with van der Waals surface area (Å²) in [5.41, 5.74) is 14.1. The van der Waals surface area contributed by atoms with Gasteiger partial charge in [0.1, 0.15) is 0 Å². The van der Waals surface area contributed by atoms with E-state index in [1.807, 2.05) is 0 Å². The highest BCUT2D eigenvalue weighted by molar-refractivity contribution is 6.10. The van der Waals surface area contributed by atoms with E-state index in [2.05, 4.69) is 240 Å². The van der Waals surface area contributed by atoms with E-state index < -0.39 is 0 Å². The molecule has 0 saturated carbocycles. The van der Waals surface area contributed by atoms with Crippen molar-refractivity contribution in [3.63, 3.8) is 0 Å². The summed E-state index contributed by atoms with van der Waals surface area (Å²) in [5.74, 6) is 0. The molecule has 0 unspecified atom stereocenters. The lowest BCUT2D eigenvalue weighted by molar-refractivity contribution is 1.18. The van der Waals surface area contributed by atoms with Crippen LogP contribution in [-0.4, -0.2) is 4.57 Å². The number of hydrogen-bond acceptors (Lipinski definition) is 1. The summed E-state index contributed by atoms with van der Waals surface area (Å²) in [7, 11) is 0. The Morgan fingerprint density at radius 1 is 0.288 bits per heavy atom. The fourth-order valence-corrected chi connectivity index (χ4v) is 8.79. The van der Waals surface area contributed by atoms with E-state index >= 15 is 0 Å². The van der Waals surface area contributed by atoms with Crippen molar-refractivity contribution in [1.29, 1.82) is 0 Å². The molecule has 0 N–H and O–H groups in total. The van der Waals surface area contributed by atoms with Crippen LogP contribution in [-0.2, 0) is 0 Å². The first-order valence-electron chi connectivity index (χ1n) is 19.9. The topological polar surface area (TPSA) is 8.17 Å². The van der Waals surface area contributed by atoms with Crippen molar-refractivity contribution in [2.75, 3.05) is 4.90 Å². The molecule has 59 heavy (non-hydrogen) atoms. The smallest absolute Gasteiger partial charge is 0.0541 e. The zero-order valence-corrected chi connectivity index (χ0v) is 31.8. The van der Waals surface area contributed by atoms with E-state index in [0.29, 0.717) is 0 Å². The minimum Gasteiger partial charge on any atom is -0.311 e. The van der Waals surface area contributed by atoms with Gasteiger partial charge in [0.05, 0.1) is 11.0 Å². The Hall–Kier alpha value is -7.68. The van der Waals surface area contributed by atoms with Crippen LogP contribution in [0.5, 0.6) is 0 Å². The molecule has 0 bridgehead atoms. The van der Waals surface area contributed by atoms with Gasteiger partial charge in [-0.25, -0.2) is 0 Å². The molecular weight excluding hydrogens is 713 g/mol. The summed E-state index contributed by atoms with van der Waals surface area (Å²) in [6.45, 7) is 0. The fourth-order valence-electron chi connectivity index (χ4n) is 8.79. The lowest BCUT2D eigenvalue weighted by atomic mass is 9.97. The van der Waals surface area contributed by atoms with Crippen molar-refractivity contribution >= 4 is 60.4 Å². The van der Waals surface area contributed by atoms with Gasteiger partial charge in [0.25, 0.3) is 0 Å². The van der Waals surface area contributed by atoms with Crippen molar-refractivity contribution in [3.05, 3.63) is 231 Å². The Morgan fingerprint density at radius 3 is 1.27 bits per heavy atom. The summed E-state index contributed by atoms with van der Waals surface area (Å²) >= 11 is 0. The van der Waals surface area contributed by atoms with Crippen LogP contribution in [0.15, 0.2) is 231 Å². The Morgan fingerprint density at radius 2 is 0.712 bits per heavy atom. The SMILES string of the molecule is C.c1ccc(-n2c3ccccc3c3cc(-c4ccc(N(c5ccc(-c6cccc7ccccc67)cc5)c5ccc(-c6cccc7ccccc67)cc5)cc4)ccc32)cc1. The van der Waals surface area contributed by atoms with Crippen molar-refractivity contribution in [2.24, 2.45) is 0 Å². The average molecular weight is 755 g/mol. The first-order valence-corrected chi connectivity index (χ1v) is 19.9. The zero-order valence-electron chi connectivity index (χ0n) is 31.8. The highest BCUT2D eigenvalue weighted by Gasteiger charge is 2.16. The van der Waals surface area contributed by atoms with Gasteiger partial charge in [-0.15, -0.1) is 0 Å². The molecule has 0 saturated heterocycles. The van der Waals surface area contributed by atoms with Gasteiger partial charge in [0.2, 0.25) is 0 Å². The predicted molar refractivity (Wildman–Crippen MR) is 254 cm³/mol. The summed E-state index contributed by atoms with van der Waals surface area (Å²) in [4.78, 5) is 2.36. The second-order valence-corrected chi connectivity index (χ2v) is 14.9. The minimum absolute atomic E-state index is 0. The van der Waals surface area contributed by atoms with Crippen LogP contribution in [0, 0.1) is 0 Å². The van der Waals surface area contributed by atoms with Gasteiger partial charge in [-0.2, -0.15) is 0 Å². The maximum Gasteiger partial charge on any atom is 0.0541 e. The Labute approximate surface area is 345 Å². The monoisotopic (exact) mass is 754 g/mol. The van der Waals surface area contributed by atoms with Crippen molar-refractivity contribution in [3.8, 4) is 39.1 Å². The molecule has 0 aliphatic heterocycles. The third-order valence-electron chi connectivity index (χ3n) is 11.6. The lowest BCUT2D eigenvalue weighted by Crippen LogP contribution is -2.09. The molecule has 280 valence electrons. The molecule has 1 aromatic heterocycles. The van der Waals surface area contributed by atoms with Gasteiger partial charge in [-0.05, 0) is 122 Å². The molecular formula is C57H42N2. The summed E-state index contributed by atoms with van der Waals surface area (Å²) < 4.78 is 2.37. The summed E-state index contributed by atoms with van der Waals surface area (Å²) in [6, 6.07) is 83.6. The number of rotatable bonds is 7. The Bertz CT molecular complexity index is 3120. The molecule has 0 aliphatic rings. The van der Waals surface area contributed by atoms with Crippen LogP contribution in [0.1, 0.15) is 7.43 Å². The van der Waals surface area contributed by atoms with E-state index in [4.69, 9.17) is 0 Å². The number of para-hydroxylation sites is 2. The van der Waals surface area contributed by atoms with E-state index in [9.17, 15) is 0 Å². The maximum atomic E-state index is 2.37. The normalized spacial score (nSPS) is 11.3. The number of nitrogens with zero attached hydrogens (tertiary/aromatic N) is 2. The van der Waals surface area contributed by atoms with E-state index in [1.165, 1.54) is 82.4 Å². The molecule has 11 rings (SSSR count). The number of hydrogen-bond donors (Lipinski definition) is 0. The third kappa shape index (κ3) is 6.32. The molecule has 0 fully saturated rings. The average Bonchev–Trinajstić information content (AvgIpc) is 3.63. The van der Waals surface area contributed by atoms with E-state index in [-0.39, 0.29) is 7.43 Å². The first-order chi connectivity index (χ1) is 28.8. The minimum atomic E-state index is 0. The predicted octanol–water partition coefficient (Wildman–Crippen LogP) is 16.2. The van der Waals surface area contributed by atoms with Gasteiger partial charge < -0.3 is 9.47 Å². The van der Waals surface area contributed by atoms with E-state index in [1.54, 1.807) is 0 Å². The van der Waals surface area contributed by atoms with Crippen LogP contribution < -0.4 is 4.90 Å². The maximum absolute atomic E-state index is 2.37. The molecule has 10 aromatic carbocycles. The molecule has 0 radical (unpaired) electrons. The number of benzene rings is 10.